The van der Waals surface area contributed by atoms with Crippen LogP contribution >= 0.6 is 0 Å². The summed E-state index contributed by atoms with van der Waals surface area (Å²) in [6.07, 6.45) is 1.61. The Hall–Kier alpha value is -1.96. The molecule has 1 N–H and O–H groups in total. The minimum Gasteiger partial charge on any atom is -0.624 e. The summed E-state index contributed by atoms with van der Waals surface area (Å²) in [4.78, 5) is 13.4. The summed E-state index contributed by atoms with van der Waals surface area (Å²) in [6.45, 7) is 1.38. The van der Waals surface area contributed by atoms with Gasteiger partial charge in [0.15, 0.2) is 12.7 Å². The normalized spacial score (nSPS) is 13.8. The van der Waals surface area contributed by atoms with Crippen LogP contribution in [-0.4, -0.2) is 43.2 Å². The van der Waals surface area contributed by atoms with Crippen LogP contribution in [0.3, 0.4) is 0 Å². The fraction of sp³-hybridized carbons (Fsp3) is 0.500. The van der Waals surface area contributed by atoms with Gasteiger partial charge in [-0.2, -0.15) is 0 Å². The van der Waals surface area contributed by atoms with Crippen molar-refractivity contribution in [2.45, 2.75) is 13.0 Å². The number of imidazole rings is 1. The molecule has 0 saturated carbocycles. The molecule has 88 valence electrons. The second-order valence-electron chi connectivity index (χ2n) is 3.38. The van der Waals surface area contributed by atoms with Crippen molar-refractivity contribution >= 4 is 12.2 Å². The second kappa shape index (κ2) is 4.71. The number of hydrogen-bond acceptors (Lipinski definition) is 5. The summed E-state index contributed by atoms with van der Waals surface area (Å²) in [6, 6.07) is 0. The van der Waals surface area contributed by atoms with Gasteiger partial charge >= 0.3 is 5.95 Å². The highest BCUT2D eigenvalue weighted by Gasteiger charge is 2.18. The maximum absolute atomic E-state index is 11.2. The first kappa shape index (κ1) is 12.1. The first-order valence-corrected chi connectivity index (χ1v) is 4.54. The molecule has 0 aromatic carbocycles. The van der Waals surface area contributed by atoms with Gasteiger partial charge in [-0.3, -0.25) is 0 Å². The van der Waals surface area contributed by atoms with Gasteiger partial charge in [-0.25, -0.2) is 9.31 Å². The molecule has 16 heavy (non-hydrogen) atoms. The highest BCUT2D eigenvalue weighted by molar-refractivity contribution is 5.73. The third kappa shape index (κ3) is 2.76. The third-order valence-corrected chi connectivity index (χ3v) is 1.88. The van der Waals surface area contributed by atoms with Crippen LogP contribution in [0.2, 0.25) is 0 Å². The summed E-state index contributed by atoms with van der Waals surface area (Å²) in [7, 11) is 1.44. The number of aromatic nitrogens is 2. The summed E-state index contributed by atoms with van der Waals surface area (Å²) < 4.78 is 1.69. The Morgan fingerprint density at radius 2 is 2.31 bits per heavy atom. The van der Waals surface area contributed by atoms with Crippen LogP contribution in [0.5, 0.6) is 0 Å². The van der Waals surface area contributed by atoms with Gasteiger partial charge in [0.05, 0.1) is 7.05 Å². The minimum atomic E-state index is -0.767. The fourth-order valence-corrected chi connectivity index (χ4v) is 1.16. The second-order valence-corrected chi connectivity index (χ2v) is 3.38. The molecule has 8 heteroatoms. The number of nitrogens with zero attached hydrogens (tertiary/aromatic N) is 4. The quantitative estimate of drug-likeness (QED) is 0.249. The van der Waals surface area contributed by atoms with Crippen LogP contribution in [-0.2, 0) is 7.05 Å². The Balaban J connectivity index is 2.94. The van der Waals surface area contributed by atoms with Crippen LogP contribution in [0.4, 0.5) is 5.95 Å². The van der Waals surface area contributed by atoms with E-state index in [0.29, 0.717) is 10.4 Å². The predicted molar refractivity (Wildman–Crippen MR) is 55.2 cm³/mol. The number of aliphatic hydroxyl groups is 1. The van der Waals surface area contributed by atoms with E-state index in [1.165, 1.54) is 24.7 Å². The van der Waals surface area contributed by atoms with Crippen molar-refractivity contribution in [3.63, 3.8) is 0 Å². The number of aliphatic hydroxyl groups excluding tert-OH is 1. The number of rotatable bonds is 4. The standard InChI is InChI=1S/C8H12N4O4/c1-6(13)4-11(14)5-7-3-9-8(10(7)2)12(15)16/h3,5-6,13H,4H2,1-2H3. The van der Waals surface area contributed by atoms with Gasteiger partial charge in [0, 0.05) is 0 Å². The molecule has 1 rings (SSSR count). The van der Waals surface area contributed by atoms with Crippen molar-refractivity contribution in [1.29, 1.82) is 0 Å². The molecule has 0 aliphatic rings. The average molecular weight is 228 g/mol. The lowest BCUT2D eigenvalue weighted by Crippen LogP contribution is -2.19. The summed E-state index contributed by atoms with van der Waals surface area (Å²) >= 11 is 0. The van der Waals surface area contributed by atoms with E-state index in [1.807, 2.05) is 0 Å². The van der Waals surface area contributed by atoms with E-state index in [0.717, 1.165) is 6.21 Å². The first-order chi connectivity index (χ1) is 7.41. The minimum absolute atomic E-state index is 0.0982. The lowest BCUT2D eigenvalue weighted by Gasteiger charge is -2.04. The maximum atomic E-state index is 11.2. The molecule has 0 amide bonds. The van der Waals surface area contributed by atoms with E-state index >= 15 is 0 Å². The maximum Gasteiger partial charge on any atom is 0.435 e. The van der Waals surface area contributed by atoms with Crippen molar-refractivity contribution in [3.05, 3.63) is 27.2 Å². The van der Waals surface area contributed by atoms with Crippen molar-refractivity contribution in [2.24, 2.45) is 7.05 Å². The Bertz CT molecular complexity index is 424. The smallest absolute Gasteiger partial charge is 0.435 e. The zero-order valence-corrected chi connectivity index (χ0v) is 8.90. The Morgan fingerprint density at radius 3 is 2.75 bits per heavy atom. The zero-order valence-electron chi connectivity index (χ0n) is 8.90. The molecular formula is C8H12N4O4. The summed E-state index contributed by atoms with van der Waals surface area (Å²) in [5, 5.41) is 30.7. The fourth-order valence-electron chi connectivity index (χ4n) is 1.16. The van der Waals surface area contributed by atoms with Gasteiger partial charge in [-0.05, 0) is 11.8 Å². The molecule has 1 heterocycles. The lowest BCUT2D eigenvalue weighted by molar-refractivity contribution is -0.462. The summed E-state index contributed by atoms with van der Waals surface area (Å²) in [5.41, 5.74) is 0.308. The van der Waals surface area contributed by atoms with Gasteiger partial charge in [0.25, 0.3) is 0 Å². The van der Waals surface area contributed by atoms with Crippen molar-refractivity contribution < 1.29 is 14.8 Å². The molecular weight excluding hydrogens is 216 g/mol. The highest BCUT2D eigenvalue weighted by Crippen LogP contribution is 2.08. The van der Waals surface area contributed by atoms with Crippen LogP contribution in [0.25, 0.3) is 0 Å². The molecule has 0 radical (unpaired) electrons. The predicted octanol–water partition coefficient (Wildman–Crippen LogP) is -0.362. The summed E-state index contributed by atoms with van der Waals surface area (Å²) in [5.74, 6) is -0.336. The number of hydroxylamine groups is 1. The SMILES string of the molecule is CC(O)C[N+]([O-])=Cc1cnc([N+](=O)[O-])n1C. The van der Waals surface area contributed by atoms with E-state index in [9.17, 15) is 15.3 Å². The van der Waals surface area contributed by atoms with Gasteiger partial charge in [-0.15, -0.1) is 0 Å². The molecule has 1 unspecified atom stereocenters. The van der Waals surface area contributed by atoms with Crippen LogP contribution < -0.4 is 0 Å². The van der Waals surface area contributed by atoms with Crippen molar-refractivity contribution in [3.8, 4) is 0 Å². The largest absolute Gasteiger partial charge is 0.624 e. The topological polar surface area (TPSA) is 107 Å². The molecule has 0 saturated heterocycles. The average Bonchev–Trinajstić information content (AvgIpc) is 2.46. The molecule has 8 nitrogen and oxygen atoms in total. The number of hydrogen-bond donors (Lipinski definition) is 1. The van der Waals surface area contributed by atoms with E-state index < -0.39 is 11.0 Å². The third-order valence-electron chi connectivity index (χ3n) is 1.88. The van der Waals surface area contributed by atoms with Crippen molar-refractivity contribution in [2.75, 3.05) is 6.54 Å². The highest BCUT2D eigenvalue weighted by atomic mass is 16.6. The van der Waals surface area contributed by atoms with Gasteiger partial charge in [0.2, 0.25) is 11.9 Å². The molecule has 0 fully saturated rings. The molecule has 1 atom stereocenters. The van der Waals surface area contributed by atoms with Gasteiger partial charge in [-0.1, -0.05) is 4.98 Å². The van der Waals surface area contributed by atoms with Crippen LogP contribution in [0.15, 0.2) is 6.20 Å². The lowest BCUT2D eigenvalue weighted by atomic mass is 10.4. The van der Waals surface area contributed by atoms with Gasteiger partial charge in [0.1, 0.15) is 6.10 Å². The molecule has 0 spiro atoms. The molecule has 0 aliphatic heterocycles. The van der Waals surface area contributed by atoms with Crippen LogP contribution in [0, 0.1) is 15.3 Å². The van der Waals surface area contributed by atoms with E-state index in [4.69, 9.17) is 5.11 Å². The first-order valence-electron chi connectivity index (χ1n) is 4.54. The van der Waals surface area contributed by atoms with Crippen LogP contribution in [0.1, 0.15) is 12.6 Å². The Morgan fingerprint density at radius 1 is 1.69 bits per heavy atom. The molecule has 0 aliphatic carbocycles. The van der Waals surface area contributed by atoms with Gasteiger partial charge < -0.3 is 20.4 Å². The zero-order chi connectivity index (χ0) is 12.3. The molecule has 0 bridgehead atoms. The monoisotopic (exact) mass is 228 g/mol. The van der Waals surface area contributed by atoms with E-state index in [1.54, 1.807) is 0 Å². The number of nitro groups is 1. The Labute approximate surface area is 91.2 Å². The van der Waals surface area contributed by atoms with Crippen molar-refractivity contribution in [1.82, 2.24) is 9.55 Å². The van der Waals surface area contributed by atoms with E-state index in [-0.39, 0.29) is 12.5 Å². The van der Waals surface area contributed by atoms with E-state index in [2.05, 4.69) is 4.98 Å². The Kier molecular flexibility index (Phi) is 3.56. The molecule has 1 aromatic heterocycles. The molecule has 1 aromatic rings.